The minimum Gasteiger partial charge on any atom is -0.311 e. The number of benzene rings is 10. The SMILES string of the molecule is CC1(C)c2cc(-c3ccc4c(ccc5cc(/C=C/c6ccc(N(c7ccccc7)c7ccccc7)cc6)ccc54)c3)ccc2-c2cc3c(cc21)N(c1ccccc1)c1ccccc1C3(C)C. The quantitative estimate of drug-likeness (QED) is 0.116. The second-order valence-electron chi connectivity index (χ2n) is 19.0. The summed E-state index contributed by atoms with van der Waals surface area (Å²) >= 11 is 0. The van der Waals surface area contributed by atoms with Gasteiger partial charge in [-0.15, -0.1) is 0 Å². The van der Waals surface area contributed by atoms with Gasteiger partial charge in [0, 0.05) is 33.6 Å². The zero-order valence-corrected chi connectivity index (χ0v) is 37.8. The van der Waals surface area contributed by atoms with Crippen LogP contribution < -0.4 is 9.80 Å². The van der Waals surface area contributed by atoms with E-state index >= 15 is 0 Å². The highest BCUT2D eigenvalue weighted by Gasteiger charge is 2.42. The molecule has 2 aliphatic rings. The van der Waals surface area contributed by atoms with Gasteiger partial charge in [-0.1, -0.05) is 173 Å². The molecular weight excluding hydrogens is 797 g/mol. The van der Waals surface area contributed by atoms with Crippen LogP contribution in [0.2, 0.25) is 0 Å². The van der Waals surface area contributed by atoms with E-state index in [1.165, 1.54) is 88.7 Å². The number of hydrogen-bond acceptors (Lipinski definition) is 2. The third-order valence-corrected chi connectivity index (χ3v) is 14.4. The van der Waals surface area contributed by atoms with Crippen LogP contribution in [0.3, 0.4) is 0 Å². The van der Waals surface area contributed by atoms with Crippen LogP contribution in [0.15, 0.2) is 218 Å². The van der Waals surface area contributed by atoms with Gasteiger partial charge in [0.15, 0.2) is 0 Å². The van der Waals surface area contributed by atoms with E-state index in [1.807, 2.05) is 0 Å². The molecule has 0 N–H and O–H groups in total. The van der Waals surface area contributed by atoms with E-state index in [0.717, 1.165) is 22.6 Å². The number of fused-ring (bicyclic) bond motifs is 8. The summed E-state index contributed by atoms with van der Waals surface area (Å²) in [4.78, 5) is 4.77. The van der Waals surface area contributed by atoms with Crippen molar-refractivity contribution in [3.63, 3.8) is 0 Å². The van der Waals surface area contributed by atoms with E-state index in [4.69, 9.17) is 0 Å². The summed E-state index contributed by atoms with van der Waals surface area (Å²) in [7, 11) is 0. The molecule has 10 aromatic carbocycles. The van der Waals surface area contributed by atoms with Gasteiger partial charge in [0.1, 0.15) is 0 Å². The fourth-order valence-electron chi connectivity index (χ4n) is 10.9. The summed E-state index contributed by atoms with van der Waals surface area (Å²) in [6.07, 6.45) is 4.42. The summed E-state index contributed by atoms with van der Waals surface area (Å²) in [5, 5.41) is 5.04. The second-order valence-corrected chi connectivity index (χ2v) is 19.0. The molecule has 0 saturated carbocycles. The fourth-order valence-corrected chi connectivity index (χ4v) is 10.9. The maximum absolute atomic E-state index is 2.51. The van der Waals surface area contributed by atoms with Crippen LogP contribution in [0.1, 0.15) is 61.1 Å². The molecule has 1 heterocycles. The molecule has 0 saturated heterocycles. The van der Waals surface area contributed by atoms with Crippen LogP contribution in [0, 0.1) is 0 Å². The molecule has 0 amide bonds. The van der Waals surface area contributed by atoms with E-state index in [2.05, 4.69) is 268 Å². The first-order chi connectivity index (χ1) is 32.2. The summed E-state index contributed by atoms with van der Waals surface area (Å²) in [5.41, 5.74) is 19.8. The molecule has 1 aliphatic heterocycles. The molecule has 0 radical (unpaired) electrons. The molecule has 0 bridgehead atoms. The molecule has 0 unspecified atom stereocenters. The van der Waals surface area contributed by atoms with Crippen molar-refractivity contribution in [1.82, 2.24) is 0 Å². The van der Waals surface area contributed by atoms with Gasteiger partial charge in [-0.2, -0.15) is 0 Å². The Hall–Kier alpha value is -7.94. The Labute approximate surface area is 388 Å². The predicted molar refractivity (Wildman–Crippen MR) is 281 cm³/mol. The van der Waals surface area contributed by atoms with Crippen molar-refractivity contribution >= 4 is 67.8 Å². The molecule has 2 nitrogen and oxygen atoms in total. The van der Waals surface area contributed by atoms with E-state index in [-0.39, 0.29) is 10.8 Å². The molecule has 10 aromatic rings. The van der Waals surface area contributed by atoms with E-state index in [1.54, 1.807) is 0 Å². The van der Waals surface area contributed by atoms with Gasteiger partial charge >= 0.3 is 0 Å². The van der Waals surface area contributed by atoms with E-state index in [9.17, 15) is 0 Å². The Morgan fingerprint density at radius 2 is 0.894 bits per heavy atom. The smallest absolute Gasteiger partial charge is 0.0506 e. The van der Waals surface area contributed by atoms with Crippen molar-refractivity contribution in [3.8, 4) is 22.3 Å². The second kappa shape index (κ2) is 15.4. The monoisotopic (exact) mass is 846 g/mol. The van der Waals surface area contributed by atoms with Crippen molar-refractivity contribution in [2.24, 2.45) is 0 Å². The molecule has 1 aliphatic carbocycles. The largest absolute Gasteiger partial charge is 0.311 e. The third kappa shape index (κ3) is 6.47. The van der Waals surface area contributed by atoms with E-state index in [0.29, 0.717) is 0 Å². The molecule has 316 valence electrons. The maximum atomic E-state index is 2.51. The average molecular weight is 847 g/mol. The lowest BCUT2D eigenvalue weighted by atomic mass is 9.72. The van der Waals surface area contributed by atoms with Gasteiger partial charge < -0.3 is 9.80 Å². The van der Waals surface area contributed by atoms with Gasteiger partial charge in [-0.3, -0.25) is 0 Å². The summed E-state index contributed by atoms with van der Waals surface area (Å²) in [5.74, 6) is 0. The number of para-hydroxylation sites is 4. The predicted octanol–water partition coefficient (Wildman–Crippen LogP) is 17.7. The Balaban J connectivity index is 0.831. The van der Waals surface area contributed by atoms with Crippen LogP contribution in [0.4, 0.5) is 34.1 Å². The molecule has 66 heavy (non-hydrogen) atoms. The molecule has 2 heteroatoms. The Morgan fingerprint density at radius 1 is 0.364 bits per heavy atom. The van der Waals surface area contributed by atoms with Gasteiger partial charge in [0.2, 0.25) is 0 Å². The van der Waals surface area contributed by atoms with Crippen LogP contribution >= 0.6 is 0 Å². The molecule has 12 rings (SSSR count). The molecule has 0 atom stereocenters. The lowest BCUT2D eigenvalue weighted by molar-refractivity contribution is 0.627. The summed E-state index contributed by atoms with van der Waals surface area (Å²) in [6.45, 7) is 9.58. The number of anilines is 6. The van der Waals surface area contributed by atoms with Gasteiger partial charge in [-0.05, 0) is 162 Å². The zero-order valence-electron chi connectivity index (χ0n) is 37.8. The molecular formula is C64H50N2. The standard InChI is InChI=1S/C64H50N2/c1-63(2)57-22-14-15-23-61(57)66(51-20-12-7-13-21-51)62-42-59-56(41-60(62)63)55-37-32-46(40-58(55)64(59,3)4)45-31-36-54-48(39-45)30-29-47-38-44(28-35-53(47)54)25-24-43-26-33-52(34-27-43)65(49-16-8-5-9-17-49)50-18-10-6-11-19-50/h5-42H,1-4H3/b25-24+. The number of nitrogens with zero attached hydrogens (tertiary/aromatic N) is 2. The lowest BCUT2D eigenvalue weighted by Gasteiger charge is -2.42. The minimum absolute atomic E-state index is 0.158. The molecule has 0 fully saturated rings. The van der Waals surface area contributed by atoms with Crippen molar-refractivity contribution in [1.29, 1.82) is 0 Å². The zero-order chi connectivity index (χ0) is 44.6. The average Bonchev–Trinajstić information content (AvgIpc) is 3.58. The van der Waals surface area contributed by atoms with Crippen molar-refractivity contribution in [2.45, 2.75) is 38.5 Å². The Morgan fingerprint density at radius 3 is 1.61 bits per heavy atom. The maximum Gasteiger partial charge on any atom is 0.0506 e. The van der Waals surface area contributed by atoms with Crippen LogP contribution in [0.5, 0.6) is 0 Å². The Kier molecular flexibility index (Phi) is 9.22. The summed E-state index contributed by atoms with van der Waals surface area (Å²) in [6, 6.07) is 80.2. The van der Waals surface area contributed by atoms with Gasteiger partial charge in [0.25, 0.3) is 0 Å². The highest BCUT2D eigenvalue weighted by Crippen LogP contribution is 2.58. The van der Waals surface area contributed by atoms with Gasteiger partial charge in [-0.25, -0.2) is 0 Å². The minimum atomic E-state index is -0.173. The van der Waals surface area contributed by atoms with Gasteiger partial charge in [0.05, 0.1) is 11.4 Å². The van der Waals surface area contributed by atoms with Crippen molar-refractivity contribution in [2.75, 3.05) is 9.80 Å². The van der Waals surface area contributed by atoms with Crippen molar-refractivity contribution in [3.05, 3.63) is 252 Å². The number of rotatable bonds is 7. The van der Waals surface area contributed by atoms with Crippen molar-refractivity contribution < 1.29 is 0 Å². The first kappa shape index (κ1) is 39.6. The first-order valence-corrected chi connectivity index (χ1v) is 23.2. The topological polar surface area (TPSA) is 6.48 Å². The highest BCUT2D eigenvalue weighted by atomic mass is 15.2. The normalized spacial score (nSPS) is 14.2. The third-order valence-electron chi connectivity index (χ3n) is 14.4. The van der Waals surface area contributed by atoms with Crippen LogP contribution in [-0.2, 0) is 10.8 Å². The molecule has 0 spiro atoms. The summed E-state index contributed by atoms with van der Waals surface area (Å²) < 4.78 is 0. The van der Waals surface area contributed by atoms with Crippen LogP contribution in [0.25, 0.3) is 56.0 Å². The van der Waals surface area contributed by atoms with Crippen LogP contribution in [-0.4, -0.2) is 0 Å². The number of hydrogen-bond donors (Lipinski definition) is 0. The lowest BCUT2D eigenvalue weighted by Crippen LogP contribution is -2.31. The molecule has 0 aromatic heterocycles. The van der Waals surface area contributed by atoms with E-state index < -0.39 is 0 Å². The highest BCUT2D eigenvalue weighted by molar-refractivity contribution is 6.09. The Bertz CT molecular complexity index is 3470. The fraction of sp³-hybridized carbons (Fsp3) is 0.0938. The first-order valence-electron chi connectivity index (χ1n) is 23.2.